The molecule has 0 bridgehead atoms. The first kappa shape index (κ1) is 25.3. The number of hydrogen-bond acceptors (Lipinski definition) is 4. The molecule has 6 nitrogen and oxygen atoms in total. The Morgan fingerprint density at radius 1 is 1.19 bits per heavy atom. The van der Waals surface area contributed by atoms with E-state index in [-0.39, 0.29) is 18.4 Å². The Morgan fingerprint density at radius 2 is 1.84 bits per heavy atom. The van der Waals surface area contributed by atoms with Gasteiger partial charge in [0.15, 0.2) is 0 Å². The largest absolute Gasteiger partial charge is 0.289 e. The van der Waals surface area contributed by atoms with E-state index < -0.39 is 27.2 Å². The molecule has 1 amide bonds. The highest BCUT2D eigenvalue weighted by Gasteiger charge is 2.41. The van der Waals surface area contributed by atoms with Crippen LogP contribution in [0.25, 0.3) is 10.8 Å². The van der Waals surface area contributed by atoms with Crippen molar-refractivity contribution in [3.05, 3.63) is 59.6 Å². The molecule has 2 aromatic rings. The molecule has 0 radical (unpaired) electrons. The van der Waals surface area contributed by atoms with Crippen molar-refractivity contribution in [1.82, 2.24) is 9.79 Å². The van der Waals surface area contributed by atoms with Gasteiger partial charge in [-0.1, -0.05) is 81.8 Å². The van der Waals surface area contributed by atoms with Crippen molar-refractivity contribution in [2.24, 2.45) is 11.8 Å². The molecule has 0 saturated heterocycles. The quantitative estimate of drug-likeness (QED) is 0.295. The minimum Gasteiger partial charge on any atom is -0.289 e. The zero-order chi connectivity index (χ0) is 23.3. The molecular weight excluding hydrogens is 436 g/mol. The van der Waals surface area contributed by atoms with Gasteiger partial charge in [0.25, 0.3) is 5.91 Å². The fourth-order valence-corrected chi connectivity index (χ4v) is 6.15. The van der Waals surface area contributed by atoms with Crippen molar-refractivity contribution in [3.8, 4) is 0 Å². The Balaban J connectivity index is 2.64. The van der Waals surface area contributed by atoms with Gasteiger partial charge >= 0.3 is 0 Å². The molecule has 0 aliphatic rings. The summed E-state index contributed by atoms with van der Waals surface area (Å²) in [5.74, 6) is -0.921. The molecule has 2 aromatic carbocycles. The molecule has 170 valence electrons. The van der Waals surface area contributed by atoms with E-state index in [0.29, 0.717) is 17.0 Å². The molecule has 0 saturated carbocycles. The maximum Gasteiger partial charge on any atom is 0.262 e. The molecule has 8 heteroatoms. The average molecular weight is 467 g/mol. The van der Waals surface area contributed by atoms with Crippen LogP contribution in [0.15, 0.2) is 49.1 Å². The summed E-state index contributed by atoms with van der Waals surface area (Å²) in [6.07, 6.45) is 1.89. The van der Waals surface area contributed by atoms with Gasteiger partial charge in [-0.05, 0) is 29.2 Å². The summed E-state index contributed by atoms with van der Waals surface area (Å²) in [6.45, 7) is 11.3. The van der Waals surface area contributed by atoms with Crippen LogP contribution >= 0.6 is 11.6 Å². The molecule has 0 spiro atoms. The number of sulfonamides is 1. The molecular formula is C23H31ClN2O4S. The van der Waals surface area contributed by atoms with E-state index >= 15 is 0 Å². The predicted molar refractivity (Wildman–Crippen MR) is 126 cm³/mol. The van der Waals surface area contributed by atoms with Gasteiger partial charge in [-0.25, -0.2) is 13.9 Å². The lowest BCUT2D eigenvalue weighted by molar-refractivity contribution is -0.134. The standard InChI is InChI=1S/C23H31ClN2O4S/c1-6-20(19-12-11-17-9-7-8-10-18(17)21(19)24)31(29,30)26(14-13-15(2)3)22(16(4)5)23(27)25-28/h6-12,15-16,20,22,28H,1,13-14H2,2-5H3,(H,25,27). The Hall–Kier alpha value is -1.93. The second-order valence-corrected chi connectivity index (χ2v) is 10.7. The Labute approximate surface area is 189 Å². The molecule has 0 aromatic heterocycles. The number of nitrogens with one attached hydrogen (secondary N) is 1. The van der Waals surface area contributed by atoms with Gasteiger partial charge in [0.1, 0.15) is 11.3 Å². The predicted octanol–water partition coefficient (Wildman–Crippen LogP) is 4.93. The van der Waals surface area contributed by atoms with Crippen molar-refractivity contribution in [2.45, 2.75) is 45.4 Å². The minimum atomic E-state index is -4.09. The third-order valence-electron chi connectivity index (χ3n) is 5.31. The van der Waals surface area contributed by atoms with Crippen molar-refractivity contribution < 1.29 is 18.4 Å². The van der Waals surface area contributed by atoms with Crippen molar-refractivity contribution in [1.29, 1.82) is 0 Å². The number of fused-ring (bicyclic) bond motifs is 1. The highest BCUT2D eigenvalue weighted by atomic mass is 35.5. The number of nitrogens with zero attached hydrogens (tertiary/aromatic N) is 1. The van der Waals surface area contributed by atoms with E-state index in [0.717, 1.165) is 10.8 Å². The third-order valence-corrected chi connectivity index (χ3v) is 7.88. The van der Waals surface area contributed by atoms with Crippen LogP contribution in [0.2, 0.25) is 5.02 Å². The van der Waals surface area contributed by atoms with Crippen molar-refractivity contribution in [3.63, 3.8) is 0 Å². The van der Waals surface area contributed by atoms with Crippen LogP contribution in [0, 0.1) is 11.8 Å². The summed E-state index contributed by atoms with van der Waals surface area (Å²) in [7, 11) is -4.09. The molecule has 2 rings (SSSR count). The monoisotopic (exact) mass is 466 g/mol. The second kappa shape index (κ2) is 10.6. The highest BCUT2D eigenvalue weighted by molar-refractivity contribution is 7.89. The van der Waals surface area contributed by atoms with Gasteiger partial charge in [-0.3, -0.25) is 10.0 Å². The van der Waals surface area contributed by atoms with E-state index in [1.54, 1.807) is 25.4 Å². The molecule has 2 N–H and O–H groups in total. The number of benzene rings is 2. The fourth-order valence-electron chi connectivity index (χ4n) is 3.67. The van der Waals surface area contributed by atoms with E-state index in [1.807, 2.05) is 44.2 Å². The minimum absolute atomic E-state index is 0.131. The Bertz CT molecular complexity index is 1040. The van der Waals surface area contributed by atoms with Gasteiger partial charge in [-0.2, -0.15) is 4.31 Å². The van der Waals surface area contributed by atoms with E-state index in [1.165, 1.54) is 10.4 Å². The highest BCUT2D eigenvalue weighted by Crippen LogP contribution is 2.37. The second-order valence-electron chi connectivity index (χ2n) is 8.35. The first-order valence-corrected chi connectivity index (χ1v) is 12.2. The molecule has 0 heterocycles. The number of rotatable bonds is 10. The lowest BCUT2D eigenvalue weighted by Gasteiger charge is -2.34. The summed E-state index contributed by atoms with van der Waals surface area (Å²) in [4.78, 5) is 12.5. The maximum atomic E-state index is 13.9. The zero-order valence-electron chi connectivity index (χ0n) is 18.4. The van der Waals surface area contributed by atoms with Crippen LogP contribution < -0.4 is 5.48 Å². The fraction of sp³-hybridized carbons (Fsp3) is 0.435. The normalized spacial score (nSPS) is 14.2. The number of carbonyl (C=O) groups excluding carboxylic acids is 1. The lowest BCUT2D eigenvalue weighted by atomic mass is 10.0. The average Bonchev–Trinajstić information content (AvgIpc) is 2.72. The summed E-state index contributed by atoms with van der Waals surface area (Å²) in [5, 5.41) is 10.1. The summed E-state index contributed by atoms with van der Waals surface area (Å²) in [6, 6.07) is 9.89. The lowest BCUT2D eigenvalue weighted by Crippen LogP contribution is -2.53. The van der Waals surface area contributed by atoms with E-state index in [4.69, 9.17) is 11.6 Å². The first-order valence-electron chi connectivity index (χ1n) is 10.3. The van der Waals surface area contributed by atoms with Crippen LogP contribution in [0.4, 0.5) is 0 Å². The van der Waals surface area contributed by atoms with Gasteiger partial charge in [-0.15, -0.1) is 6.58 Å². The van der Waals surface area contributed by atoms with Gasteiger partial charge in [0, 0.05) is 11.9 Å². The SMILES string of the molecule is C=CC(c1ccc2ccccc2c1Cl)S(=O)(=O)N(CCC(C)C)C(C(=O)NO)C(C)C. The molecule has 0 aliphatic heterocycles. The summed E-state index contributed by atoms with van der Waals surface area (Å²) >= 11 is 6.64. The molecule has 0 aliphatic carbocycles. The van der Waals surface area contributed by atoms with Gasteiger partial charge in [0.05, 0.1) is 5.02 Å². The van der Waals surface area contributed by atoms with Crippen molar-refractivity contribution >= 4 is 38.3 Å². The molecule has 31 heavy (non-hydrogen) atoms. The zero-order valence-corrected chi connectivity index (χ0v) is 19.9. The molecule has 0 fully saturated rings. The first-order chi connectivity index (χ1) is 14.6. The number of amides is 1. The van der Waals surface area contributed by atoms with Crippen LogP contribution in [-0.4, -0.2) is 36.4 Å². The number of hydroxylamine groups is 1. The maximum absolute atomic E-state index is 13.9. The molecule has 2 atom stereocenters. The topological polar surface area (TPSA) is 86.7 Å². The number of carbonyl (C=O) groups is 1. The summed E-state index contributed by atoms with van der Waals surface area (Å²) < 4.78 is 28.9. The van der Waals surface area contributed by atoms with Crippen molar-refractivity contribution in [2.75, 3.05) is 6.54 Å². The van der Waals surface area contributed by atoms with Crippen LogP contribution in [0.1, 0.15) is 44.9 Å². The molecule has 2 unspecified atom stereocenters. The Kier molecular flexibility index (Phi) is 8.65. The van der Waals surface area contributed by atoms with Gasteiger partial charge < -0.3 is 0 Å². The Morgan fingerprint density at radius 3 is 2.39 bits per heavy atom. The van der Waals surface area contributed by atoms with Gasteiger partial charge in [0.2, 0.25) is 10.0 Å². The number of halogens is 1. The number of hydrogen-bond donors (Lipinski definition) is 2. The summed E-state index contributed by atoms with van der Waals surface area (Å²) in [5.41, 5.74) is 2.02. The van der Waals surface area contributed by atoms with E-state index in [9.17, 15) is 18.4 Å². The van der Waals surface area contributed by atoms with Crippen LogP contribution in [0.5, 0.6) is 0 Å². The van der Waals surface area contributed by atoms with E-state index in [2.05, 4.69) is 6.58 Å². The smallest absolute Gasteiger partial charge is 0.262 e. The third kappa shape index (κ3) is 5.47. The van der Waals surface area contributed by atoms with Crippen LogP contribution in [-0.2, 0) is 14.8 Å². The van der Waals surface area contributed by atoms with Crippen LogP contribution in [0.3, 0.4) is 0 Å².